The highest BCUT2D eigenvalue weighted by Crippen LogP contribution is 2.20. The molecule has 0 spiro atoms. The molecule has 1 aromatic carbocycles. The van der Waals surface area contributed by atoms with E-state index < -0.39 is 0 Å². The lowest BCUT2D eigenvalue weighted by Crippen LogP contribution is -2.36. The topological polar surface area (TPSA) is 20.3 Å². The molecular formula is C15H16ClNO. The number of carbonyl (C=O) groups is 1. The molecule has 0 N–H and O–H groups in total. The lowest BCUT2D eigenvalue weighted by molar-refractivity contribution is -0.128. The van der Waals surface area contributed by atoms with Crippen molar-refractivity contribution >= 4 is 17.5 Å². The van der Waals surface area contributed by atoms with Crippen LogP contribution in [0.5, 0.6) is 0 Å². The van der Waals surface area contributed by atoms with E-state index in [0.29, 0.717) is 11.6 Å². The van der Waals surface area contributed by atoms with E-state index in [0.717, 1.165) is 18.4 Å². The van der Waals surface area contributed by atoms with Crippen LogP contribution in [0.1, 0.15) is 18.4 Å². The largest absolute Gasteiger partial charge is 0.328 e. The minimum atomic E-state index is -0.0264. The van der Waals surface area contributed by atoms with Crippen LogP contribution in [0.2, 0.25) is 5.02 Å². The van der Waals surface area contributed by atoms with Gasteiger partial charge in [0, 0.05) is 11.6 Å². The molecule has 0 heterocycles. The third kappa shape index (κ3) is 3.02. The van der Waals surface area contributed by atoms with E-state index in [-0.39, 0.29) is 11.9 Å². The van der Waals surface area contributed by atoms with Gasteiger partial charge in [-0.15, -0.1) is 0 Å². The maximum atomic E-state index is 11.9. The van der Waals surface area contributed by atoms with Crippen molar-refractivity contribution in [2.24, 2.45) is 0 Å². The summed E-state index contributed by atoms with van der Waals surface area (Å²) in [5.74, 6) is -0.0264. The summed E-state index contributed by atoms with van der Waals surface area (Å²) in [6, 6.07) is 7.77. The molecule has 0 fully saturated rings. The normalized spacial score (nSPS) is 17.7. The van der Waals surface area contributed by atoms with Crippen molar-refractivity contribution in [1.82, 2.24) is 4.90 Å². The Labute approximate surface area is 113 Å². The highest BCUT2D eigenvalue weighted by atomic mass is 35.5. The predicted octanol–water partition coefficient (Wildman–Crippen LogP) is 3.57. The first-order valence-electron chi connectivity index (χ1n) is 6.05. The molecule has 3 heteroatoms. The average Bonchev–Trinajstić information content (AvgIpc) is 2.91. The van der Waals surface area contributed by atoms with E-state index in [4.69, 9.17) is 11.6 Å². The predicted molar refractivity (Wildman–Crippen MR) is 74.4 cm³/mol. The van der Waals surface area contributed by atoms with Gasteiger partial charge in [0.05, 0.1) is 6.04 Å². The van der Waals surface area contributed by atoms with E-state index in [9.17, 15) is 4.79 Å². The first-order valence-corrected chi connectivity index (χ1v) is 6.42. The highest BCUT2D eigenvalue weighted by molar-refractivity contribution is 6.30. The Hall–Kier alpha value is -1.54. The van der Waals surface area contributed by atoms with Crippen molar-refractivity contribution in [3.05, 3.63) is 59.7 Å². The molecule has 1 aliphatic rings. The van der Waals surface area contributed by atoms with Crippen LogP contribution in [0, 0.1) is 0 Å². The number of amides is 1. The molecule has 0 saturated carbocycles. The van der Waals surface area contributed by atoms with Crippen LogP contribution in [0.15, 0.2) is 49.1 Å². The molecule has 0 bridgehead atoms. The molecule has 94 valence electrons. The maximum absolute atomic E-state index is 11.9. The minimum Gasteiger partial charge on any atom is -0.328 e. The second kappa shape index (κ2) is 5.87. The monoisotopic (exact) mass is 261 g/mol. The Kier molecular flexibility index (Phi) is 4.21. The van der Waals surface area contributed by atoms with Crippen LogP contribution in [-0.4, -0.2) is 16.8 Å². The van der Waals surface area contributed by atoms with Gasteiger partial charge in [0.1, 0.15) is 0 Å². The molecule has 1 aromatic rings. The zero-order chi connectivity index (χ0) is 13.0. The van der Waals surface area contributed by atoms with E-state index in [1.54, 1.807) is 0 Å². The summed E-state index contributed by atoms with van der Waals surface area (Å²) in [6.07, 6.45) is 7.62. The first kappa shape index (κ1) is 12.9. The van der Waals surface area contributed by atoms with Gasteiger partial charge in [-0.05, 0) is 36.6 Å². The number of nitrogens with zero attached hydrogens (tertiary/aromatic N) is 1. The number of hydrogen-bond acceptors (Lipinski definition) is 1. The Balaban J connectivity index is 2.14. The SMILES string of the molecule is C=CC(=O)N(Cc1ccc(Cl)cc1)C1C=CCC1. The third-order valence-electron chi connectivity index (χ3n) is 3.11. The number of rotatable bonds is 4. The summed E-state index contributed by atoms with van der Waals surface area (Å²) in [4.78, 5) is 13.8. The van der Waals surface area contributed by atoms with Crippen LogP contribution in [0.25, 0.3) is 0 Å². The van der Waals surface area contributed by atoms with Gasteiger partial charge in [0.25, 0.3) is 0 Å². The molecule has 1 aliphatic carbocycles. The molecular weight excluding hydrogens is 246 g/mol. The summed E-state index contributed by atoms with van der Waals surface area (Å²) < 4.78 is 0. The van der Waals surface area contributed by atoms with Crippen LogP contribution in [0.3, 0.4) is 0 Å². The second-order valence-electron chi connectivity index (χ2n) is 4.37. The zero-order valence-electron chi connectivity index (χ0n) is 10.2. The molecule has 18 heavy (non-hydrogen) atoms. The summed E-state index contributed by atoms with van der Waals surface area (Å²) in [5, 5.41) is 0.709. The summed E-state index contributed by atoms with van der Waals surface area (Å²) in [7, 11) is 0. The molecule has 0 aromatic heterocycles. The minimum absolute atomic E-state index is 0.0264. The molecule has 0 radical (unpaired) electrons. The maximum Gasteiger partial charge on any atom is 0.246 e. The fourth-order valence-corrected chi connectivity index (χ4v) is 2.26. The number of halogens is 1. The van der Waals surface area contributed by atoms with Crippen molar-refractivity contribution in [1.29, 1.82) is 0 Å². The van der Waals surface area contributed by atoms with Crippen molar-refractivity contribution in [3.8, 4) is 0 Å². The standard InChI is InChI=1S/C15H16ClNO/c1-2-15(18)17(14-5-3-4-6-14)11-12-7-9-13(16)10-8-12/h2-3,5,7-10,14H,1,4,6,11H2. The number of hydrogen-bond donors (Lipinski definition) is 0. The Morgan fingerprint density at radius 1 is 1.44 bits per heavy atom. The van der Waals surface area contributed by atoms with E-state index >= 15 is 0 Å². The van der Waals surface area contributed by atoms with E-state index in [2.05, 4.69) is 18.7 Å². The molecule has 1 amide bonds. The first-order chi connectivity index (χ1) is 8.70. The summed E-state index contributed by atoms with van der Waals surface area (Å²) >= 11 is 5.86. The van der Waals surface area contributed by atoms with Crippen LogP contribution < -0.4 is 0 Å². The molecule has 2 nitrogen and oxygen atoms in total. The molecule has 0 saturated heterocycles. The Bertz CT molecular complexity index is 464. The molecule has 0 aliphatic heterocycles. The van der Waals surface area contributed by atoms with Gasteiger partial charge in [-0.1, -0.05) is 42.5 Å². The average molecular weight is 262 g/mol. The van der Waals surface area contributed by atoms with Gasteiger partial charge in [0.15, 0.2) is 0 Å². The van der Waals surface area contributed by atoms with Crippen molar-refractivity contribution < 1.29 is 4.79 Å². The van der Waals surface area contributed by atoms with E-state index in [1.165, 1.54) is 6.08 Å². The Morgan fingerprint density at radius 3 is 2.72 bits per heavy atom. The highest BCUT2D eigenvalue weighted by Gasteiger charge is 2.21. The van der Waals surface area contributed by atoms with Gasteiger partial charge >= 0.3 is 0 Å². The van der Waals surface area contributed by atoms with Crippen LogP contribution in [0.4, 0.5) is 0 Å². The van der Waals surface area contributed by atoms with Crippen molar-refractivity contribution in [2.75, 3.05) is 0 Å². The van der Waals surface area contributed by atoms with Crippen LogP contribution >= 0.6 is 11.6 Å². The molecule has 1 unspecified atom stereocenters. The molecule has 1 atom stereocenters. The zero-order valence-corrected chi connectivity index (χ0v) is 10.9. The molecule has 2 rings (SSSR count). The number of carbonyl (C=O) groups excluding carboxylic acids is 1. The fourth-order valence-electron chi connectivity index (χ4n) is 2.14. The quantitative estimate of drug-likeness (QED) is 0.599. The summed E-state index contributed by atoms with van der Waals surface area (Å²) in [5.41, 5.74) is 1.08. The fraction of sp³-hybridized carbons (Fsp3) is 0.267. The lowest BCUT2D eigenvalue weighted by atomic mass is 10.1. The van der Waals surface area contributed by atoms with Gasteiger partial charge in [-0.25, -0.2) is 0 Å². The van der Waals surface area contributed by atoms with Gasteiger partial charge in [-0.3, -0.25) is 4.79 Å². The lowest BCUT2D eigenvalue weighted by Gasteiger charge is -2.27. The smallest absolute Gasteiger partial charge is 0.246 e. The second-order valence-corrected chi connectivity index (χ2v) is 4.81. The third-order valence-corrected chi connectivity index (χ3v) is 3.36. The number of allylic oxidation sites excluding steroid dienone is 1. The van der Waals surface area contributed by atoms with Crippen molar-refractivity contribution in [2.45, 2.75) is 25.4 Å². The van der Waals surface area contributed by atoms with Gasteiger partial charge < -0.3 is 4.90 Å². The van der Waals surface area contributed by atoms with Crippen molar-refractivity contribution in [3.63, 3.8) is 0 Å². The Morgan fingerprint density at radius 2 is 2.17 bits per heavy atom. The van der Waals surface area contributed by atoms with E-state index in [1.807, 2.05) is 29.2 Å². The van der Waals surface area contributed by atoms with Gasteiger partial charge in [0.2, 0.25) is 5.91 Å². The van der Waals surface area contributed by atoms with Gasteiger partial charge in [-0.2, -0.15) is 0 Å². The number of benzene rings is 1. The van der Waals surface area contributed by atoms with Crippen LogP contribution in [-0.2, 0) is 11.3 Å². The summed E-state index contributed by atoms with van der Waals surface area (Å²) in [6.45, 7) is 4.17.